The van der Waals surface area contributed by atoms with Crippen molar-refractivity contribution in [2.45, 2.75) is 17.7 Å². The average Bonchev–Trinajstić information content (AvgIpc) is 3.39. The third-order valence-electron chi connectivity index (χ3n) is 5.60. The van der Waals surface area contributed by atoms with Gasteiger partial charge in [-0.25, -0.2) is 12.8 Å². The van der Waals surface area contributed by atoms with Gasteiger partial charge in [-0.05, 0) is 79.1 Å². The lowest BCUT2D eigenvalue weighted by Gasteiger charge is -2.22. The fourth-order valence-corrected chi connectivity index (χ4v) is 5.14. The SMILES string of the molecule is COc1ccc(NS(=O)(=O)c2cc(NC(=O)C=Cc3ccc(F)cc3)ccc2N2CCCC2)cc1. The van der Waals surface area contributed by atoms with Gasteiger partial charge in [0.15, 0.2) is 0 Å². The zero-order valence-electron chi connectivity index (χ0n) is 19.2. The molecule has 1 aliphatic rings. The van der Waals surface area contributed by atoms with Gasteiger partial charge in [0.2, 0.25) is 5.91 Å². The molecule has 1 aliphatic heterocycles. The van der Waals surface area contributed by atoms with Gasteiger partial charge in [-0.3, -0.25) is 9.52 Å². The van der Waals surface area contributed by atoms with E-state index in [4.69, 9.17) is 4.74 Å². The lowest BCUT2D eigenvalue weighted by Crippen LogP contribution is -2.23. The topological polar surface area (TPSA) is 87.7 Å². The Bertz CT molecular complexity index is 1320. The molecule has 1 fully saturated rings. The van der Waals surface area contributed by atoms with Crippen molar-refractivity contribution >= 4 is 39.1 Å². The Hall–Kier alpha value is -3.85. The monoisotopic (exact) mass is 495 g/mol. The molecule has 0 saturated carbocycles. The minimum atomic E-state index is -3.96. The number of ether oxygens (including phenoxy) is 1. The zero-order valence-corrected chi connectivity index (χ0v) is 20.0. The molecule has 1 amide bonds. The maximum atomic E-state index is 13.4. The highest BCUT2D eigenvalue weighted by atomic mass is 32.2. The summed E-state index contributed by atoms with van der Waals surface area (Å²) in [7, 11) is -2.42. The first kappa shape index (κ1) is 24.3. The number of hydrogen-bond acceptors (Lipinski definition) is 5. The van der Waals surface area contributed by atoms with Crippen molar-refractivity contribution in [3.8, 4) is 5.75 Å². The number of methoxy groups -OCH3 is 1. The third-order valence-corrected chi connectivity index (χ3v) is 7.01. The van der Waals surface area contributed by atoms with Crippen LogP contribution >= 0.6 is 0 Å². The van der Waals surface area contributed by atoms with Gasteiger partial charge in [-0.1, -0.05) is 12.1 Å². The molecular formula is C26H26FN3O4S. The molecule has 3 aromatic carbocycles. The molecule has 7 nitrogen and oxygen atoms in total. The van der Waals surface area contributed by atoms with Crippen molar-refractivity contribution < 1.29 is 22.3 Å². The number of nitrogens with zero attached hydrogens (tertiary/aromatic N) is 1. The molecule has 0 bridgehead atoms. The summed E-state index contributed by atoms with van der Waals surface area (Å²) in [5.41, 5.74) is 1.99. The minimum absolute atomic E-state index is 0.0792. The molecule has 0 atom stereocenters. The van der Waals surface area contributed by atoms with Crippen LogP contribution in [0.15, 0.2) is 77.7 Å². The maximum Gasteiger partial charge on any atom is 0.264 e. The maximum absolute atomic E-state index is 13.4. The summed E-state index contributed by atoms with van der Waals surface area (Å²) in [6, 6.07) is 17.2. The number of carbonyl (C=O) groups excluding carboxylic acids is 1. The first-order chi connectivity index (χ1) is 16.8. The molecule has 1 heterocycles. The van der Waals surface area contributed by atoms with Crippen molar-refractivity contribution in [2.75, 3.05) is 35.1 Å². The van der Waals surface area contributed by atoms with Gasteiger partial charge >= 0.3 is 0 Å². The highest BCUT2D eigenvalue weighted by Gasteiger charge is 2.25. The summed E-state index contributed by atoms with van der Waals surface area (Å²) in [6.07, 6.45) is 4.83. The van der Waals surface area contributed by atoms with E-state index < -0.39 is 15.9 Å². The van der Waals surface area contributed by atoms with Gasteiger partial charge in [0.25, 0.3) is 10.0 Å². The molecule has 182 valence electrons. The summed E-state index contributed by atoms with van der Waals surface area (Å²) < 4.78 is 47.6. The van der Waals surface area contributed by atoms with Gasteiger partial charge in [0, 0.05) is 30.5 Å². The Morgan fingerprint density at radius 3 is 2.29 bits per heavy atom. The van der Waals surface area contributed by atoms with Crippen molar-refractivity contribution in [1.29, 1.82) is 0 Å². The van der Waals surface area contributed by atoms with E-state index in [1.54, 1.807) is 54.6 Å². The summed E-state index contributed by atoms with van der Waals surface area (Å²) in [5.74, 6) is -0.180. The molecule has 3 aromatic rings. The lowest BCUT2D eigenvalue weighted by molar-refractivity contribution is -0.111. The minimum Gasteiger partial charge on any atom is -0.497 e. The molecule has 0 spiro atoms. The van der Waals surface area contributed by atoms with Gasteiger partial charge in [-0.2, -0.15) is 0 Å². The van der Waals surface area contributed by atoms with Crippen LogP contribution in [0.3, 0.4) is 0 Å². The van der Waals surface area contributed by atoms with E-state index in [0.29, 0.717) is 28.4 Å². The molecule has 0 aromatic heterocycles. The number of hydrogen-bond donors (Lipinski definition) is 2. The van der Waals surface area contributed by atoms with E-state index in [-0.39, 0.29) is 10.7 Å². The Morgan fingerprint density at radius 1 is 0.971 bits per heavy atom. The van der Waals surface area contributed by atoms with Gasteiger partial charge in [0.05, 0.1) is 12.8 Å². The summed E-state index contributed by atoms with van der Waals surface area (Å²) in [5, 5.41) is 2.71. The summed E-state index contributed by atoms with van der Waals surface area (Å²) in [4.78, 5) is 14.6. The van der Waals surface area contributed by atoms with Crippen LogP contribution in [0.2, 0.25) is 0 Å². The number of benzene rings is 3. The molecule has 0 radical (unpaired) electrons. The van der Waals surface area contributed by atoms with Crippen LogP contribution in [-0.4, -0.2) is 34.5 Å². The number of amides is 1. The number of rotatable bonds is 8. The zero-order chi connectivity index (χ0) is 24.8. The Labute approximate surface area is 204 Å². The van der Waals surface area contributed by atoms with Crippen molar-refractivity contribution in [2.24, 2.45) is 0 Å². The molecule has 1 saturated heterocycles. The van der Waals surface area contributed by atoms with Crippen LogP contribution in [0, 0.1) is 5.82 Å². The Kier molecular flexibility index (Phi) is 7.36. The molecule has 4 rings (SSSR count). The third kappa shape index (κ3) is 6.19. The van der Waals surface area contributed by atoms with Crippen LogP contribution in [0.25, 0.3) is 6.08 Å². The second-order valence-corrected chi connectivity index (χ2v) is 9.74. The fourth-order valence-electron chi connectivity index (χ4n) is 3.83. The predicted octanol–water partition coefficient (Wildman–Crippen LogP) is 4.89. The van der Waals surface area contributed by atoms with Gasteiger partial charge in [-0.15, -0.1) is 0 Å². The highest BCUT2D eigenvalue weighted by molar-refractivity contribution is 7.92. The van der Waals surface area contributed by atoms with Crippen molar-refractivity contribution in [1.82, 2.24) is 0 Å². The second-order valence-electron chi connectivity index (χ2n) is 8.08. The van der Waals surface area contributed by atoms with Crippen molar-refractivity contribution in [3.05, 3.63) is 84.2 Å². The van der Waals surface area contributed by atoms with E-state index in [9.17, 15) is 17.6 Å². The van der Waals surface area contributed by atoms with Crippen LogP contribution in [0.5, 0.6) is 5.75 Å². The molecular weight excluding hydrogens is 469 g/mol. The number of halogens is 1. The summed E-state index contributed by atoms with van der Waals surface area (Å²) in [6.45, 7) is 1.52. The first-order valence-corrected chi connectivity index (χ1v) is 12.6. The summed E-state index contributed by atoms with van der Waals surface area (Å²) >= 11 is 0. The number of sulfonamides is 1. The molecule has 0 aliphatic carbocycles. The largest absolute Gasteiger partial charge is 0.497 e. The van der Waals surface area contributed by atoms with Crippen LogP contribution in [-0.2, 0) is 14.8 Å². The number of carbonyl (C=O) groups is 1. The predicted molar refractivity (Wildman–Crippen MR) is 136 cm³/mol. The number of nitrogens with one attached hydrogen (secondary N) is 2. The van der Waals surface area contributed by atoms with Gasteiger partial charge < -0.3 is 15.0 Å². The van der Waals surface area contributed by atoms with Gasteiger partial charge in [0.1, 0.15) is 16.5 Å². The Balaban J connectivity index is 1.58. The van der Waals surface area contributed by atoms with Crippen LogP contribution in [0.4, 0.5) is 21.5 Å². The average molecular weight is 496 g/mol. The lowest BCUT2D eigenvalue weighted by atomic mass is 10.2. The highest BCUT2D eigenvalue weighted by Crippen LogP contribution is 2.32. The molecule has 9 heteroatoms. The first-order valence-electron chi connectivity index (χ1n) is 11.1. The number of anilines is 3. The van der Waals surface area contributed by atoms with Crippen LogP contribution < -0.4 is 19.7 Å². The second kappa shape index (κ2) is 10.6. The normalized spacial score (nSPS) is 13.7. The van der Waals surface area contributed by atoms with E-state index in [1.165, 1.54) is 31.4 Å². The standard InChI is InChI=1S/C26H26FN3O4S/c1-34-23-12-9-21(10-13-23)29-35(32,33)25-18-22(11-14-24(25)30-16-2-3-17-30)28-26(31)15-6-19-4-7-20(27)8-5-19/h4-15,18,29H,2-3,16-17H2,1H3,(H,28,31). The smallest absolute Gasteiger partial charge is 0.264 e. The molecule has 2 N–H and O–H groups in total. The molecule has 0 unspecified atom stereocenters. The van der Waals surface area contributed by atoms with E-state index in [1.807, 2.05) is 4.90 Å². The van der Waals surface area contributed by atoms with E-state index in [2.05, 4.69) is 10.0 Å². The fraction of sp³-hybridized carbons (Fsp3) is 0.192. The van der Waals surface area contributed by atoms with Crippen molar-refractivity contribution in [3.63, 3.8) is 0 Å². The molecule has 35 heavy (non-hydrogen) atoms. The quantitative estimate of drug-likeness (QED) is 0.435. The van der Waals surface area contributed by atoms with E-state index >= 15 is 0 Å². The van der Waals surface area contributed by atoms with E-state index in [0.717, 1.165) is 25.9 Å². The van der Waals surface area contributed by atoms with Crippen LogP contribution in [0.1, 0.15) is 18.4 Å². The Morgan fingerprint density at radius 2 is 1.63 bits per heavy atom.